The van der Waals surface area contributed by atoms with Crippen molar-refractivity contribution in [2.45, 2.75) is 19.1 Å². The molecule has 10 heteroatoms. The molecule has 0 amide bonds. The van der Waals surface area contributed by atoms with Crippen LogP contribution >= 0.6 is 0 Å². The number of hydrogen-bond acceptors (Lipinski definition) is 7. The quantitative estimate of drug-likeness (QED) is 0.624. The van der Waals surface area contributed by atoms with Gasteiger partial charge in [0.1, 0.15) is 0 Å². The van der Waals surface area contributed by atoms with Gasteiger partial charge in [-0.2, -0.15) is 0 Å². The summed E-state index contributed by atoms with van der Waals surface area (Å²) in [6, 6.07) is 5.56. The zero-order chi connectivity index (χ0) is 20.7. The van der Waals surface area contributed by atoms with E-state index in [9.17, 15) is 9.59 Å². The smallest absolute Gasteiger partial charge is 0.332 e. The largest absolute Gasteiger partial charge is 0.493 e. The Morgan fingerprint density at radius 3 is 2.62 bits per heavy atom. The lowest BCUT2D eigenvalue weighted by molar-refractivity contribution is 0.0733. The maximum absolute atomic E-state index is 12.6. The number of methoxy groups -OCH3 is 2. The van der Waals surface area contributed by atoms with Crippen LogP contribution in [0.4, 0.5) is 0 Å². The molecule has 0 spiro atoms. The van der Waals surface area contributed by atoms with E-state index in [1.165, 1.54) is 11.6 Å². The number of ether oxygens (including phenoxy) is 2. The van der Waals surface area contributed by atoms with Gasteiger partial charge in [0.25, 0.3) is 5.56 Å². The van der Waals surface area contributed by atoms with Crippen LogP contribution in [-0.4, -0.2) is 44.7 Å². The van der Waals surface area contributed by atoms with Gasteiger partial charge in [0.2, 0.25) is 0 Å². The Hall–Kier alpha value is -3.56. The van der Waals surface area contributed by atoms with Gasteiger partial charge >= 0.3 is 5.69 Å². The van der Waals surface area contributed by atoms with Gasteiger partial charge in [0.15, 0.2) is 28.8 Å². The van der Waals surface area contributed by atoms with Crippen molar-refractivity contribution in [2.75, 3.05) is 14.2 Å². The van der Waals surface area contributed by atoms with Crippen LogP contribution in [0.25, 0.3) is 11.2 Å². The van der Waals surface area contributed by atoms with Crippen molar-refractivity contribution in [1.82, 2.24) is 18.7 Å². The third-order valence-corrected chi connectivity index (χ3v) is 5.07. The maximum Gasteiger partial charge on any atom is 0.332 e. The second-order valence-electron chi connectivity index (χ2n) is 6.81. The van der Waals surface area contributed by atoms with Gasteiger partial charge in [0.05, 0.1) is 32.8 Å². The number of hydrogen-bond donors (Lipinski definition) is 0. The van der Waals surface area contributed by atoms with Gasteiger partial charge in [0, 0.05) is 26.1 Å². The molecule has 1 aliphatic rings. The Morgan fingerprint density at radius 1 is 1.14 bits per heavy atom. The Labute approximate surface area is 165 Å². The SMILES string of the molecule is COc1ccc(C2=NOC(Cn3cnc4c3c(=O)n(C)c(=O)n4C)C2)cc1OC. The van der Waals surface area contributed by atoms with Gasteiger partial charge < -0.3 is 18.9 Å². The minimum absolute atomic E-state index is 0.266. The molecule has 4 rings (SSSR count). The molecule has 10 nitrogen and oxygen atoms in total. The summed E-state index contributed by atoms with van der Waals surface area (Å²) in [5.74, 6) is 1.25. The van der Waals surface area contributed by atoms with E-state index in [0.717, 1.165) is 15.8 Å². The summed E-state index contributed by atoms with van der Waals surface area (Å²) in [4.78, 5) is 34.5. The minimum atomic E-state index is -0.413. The highest BCUT2D eigenvalue weighted by atomic mass is 16.6. The summed E-state index contributed by atoms with van der Waals surface area (Å²) >= 11 is 0. The lowest BCUT2D eigenvalue weighted by Gasteiger charge is -2.11. The molecule has 3 heterocycles. The highest BCUT2D eigenvalue weighted by Crippen LogP contribution is 2.29. The van der Waals surface area contributed by atoms with Gasteiger partial charge in [-0.05, 0) is 18.2 Å². The molecule has 3 aromatic rings. The number of rotatable bonds is 5. The monoisotopic (exact) mass is 399 g/mol. The van der Waals surface area contributed by atoms with Crippen molar-refractivity contribution in [3.8, 4) is 11.5 Å². The predicted octanol–water partition coefficient (Wildman–Crippen LogP) is 0.644. The molecule has 0 saturated heterocycles. The van der Waals surface area contributed by atoms with Gasteiger partial charge in [-0.1, -0.05) is 5.16 Å². The van der Waals surface area contributed by atoms with E-state index in [4.69, 9.17) is 14.3 Å². The van der Waals surface area contributed by atoms with Crippen LogP contribution in [0.15, 0.2) is 39.3 Å². The van der Waals surface area contributed by atoms with Crippen molar-refractivity contribution < 1.29 is 14.3 Å². The average Bonchev–Trinajstić information content (AvgIpc) is 3.38. The van der Waals surface area contributed by atoms with Crippen LogP contribution in [0.2, 0.25) is 0 Å². The summed E-state index contributed by atoms with van der Waals surface area (Å²) in [6.45, 7) is 0.379. The van der Waals surface area contributed by atoms with Crippen molar-refractivity contribution in [3.05, 3.63) is 50.9 Å². The molecule has 0 N–H and O–H groups in total. The number of fused-ring (bicyclic) bond motifs is 1. The third-order valence-electron chi connectivity index (χ3n) is 5.07. The van der Waals surface area contributed by atoms with Crippen LogP contribution in [0, 0.1) is 0 Å². The number of aromatic nitrogens is 4. The maximum atomic E-state index is 12.6. The van der Waals surface area contributed by atoms with Crippen LogP contribution in [0.3, 0.4) is 0 Å². The number of benzene rings is 1. The molecule has 152 valence electrons. The summed E-state index contributed by atoms with van der Waals surface area (Å²) in [5.41, 5.74) is 1.55. The molecule has 29 heavy (non-hydrogen) atoms. The number of nitrogens with zero attached hydrogens (tertiary/aromatic N) is 5. The Kier molecular flexibility index (Phi) is 4.61. The number of aryl methyl sites for hydroxylation is 1. The molecule has 0 aliphatic carbocycles. The fraction of sp³-hybridized carbons (Fsp3) is 0.368. The highest BCUT2D eigenvalue weighted by molar-refractivity contribution is 6.01. The Balaban J connectivity index is 1.58. The Morgan fingerprint density at radius 2 is 1.90 bits per heavy atom. The molecule has 1 aliphatic heterocycles. The van der Waals surface area contributed by atoms with Crippen LogP contribution in [0.1, 0.15) is 12.0 Å². The fourth-order valence-corrected chi connectivity index (χ4v) is 3.47. The number of oxime groups is 1. The molecular weight excluding hydrogens is 378 g/mol. The van der Waals surface area contributed by atoms with Crippen molar-refractivity contribution in [3.63, 3.8) is 0 Å². The first kappa shape index (κ1) is 18.8. The predicted molar refractivity (Wildman–Crippen MR) is 106 cm³/mol. The first-order valence-corrected chi connectivity index (χ1v) is 9.00. The van der Waals surface area contributed by atoms with Gasteiger partial charge in [-0.25, -0.2) is 9.78 Å². The zero-order valence-electron chi connectivity index (χ0n) is 16.6. The topological polar surface area (TPSA) is 102 Å². The Bertz CT molecular complexity index is 1240. The van der Waals surface area contributed by atoms with E-state index < -0.39 is 5.69 Å². The van der Waals surface area contributed by atoms with E-state index in [1.54, 1.807) is 32.2 Å². The lowest BCUT2D eigenvalue weighted by Crippen LogP contribution is -2.37. The summed E-state index contributed by atoms with van der Waals surface area (Å²) in [7, 11) is 6.20. The third kappa shape index (κ3) is 3.06. The summed E-state index contributed by atoms with van der Waals surface area (Å²) < 4.78 is 14.7. The minimum Gasteiger partial charge on any atom is -0.493 e. The van der Waals surface area contributed by atoms with Crippen molar-refractivity contribution in [2.24, 2.45) is 19.3 Å². The van der Waals surface area contributed by atoms with Crippen LogP contribution in [0.5, 0.6) is 11.5 Å². The van der Waals surface area contributed by atoms with E-state index >= 15 is 0 Å². The first-order valence-electron chi connectivity index (χ1n) is 9.00. The molecule has 2 aromatic heterocycles. The average molecular weight is 399 g/mol. The molecular formula is C19H21N5O5. The first-order chi connectivity index (χ1) is 13.9. The summed E-state index contributed by atoms with van der Waals surface area (Å²) in [5, 5.41) is 4.20. The van der Waals surface area contributed by atoms with E-state index in [-0.39, 0.29) is 11.7 Å². The molecule has 0 radical (unpaired) electrons. The zero-order valence-corrected chi connectivity index (χ0v) is 16.6. The van der Waals surface area contributed by atoms with Crippen LogP contribution < -0.4 is 20.7 Å². The highest BCUT2D eigenvalue weighted by Gasteiger charge is 2.25. The molecule has 1 aromatic carbocycles. The van der Waals surface area contributed by atoms with E-state index in [1.807, 2.05) is 18.2 Å². The van der Waals surface area contributed by atoms with Crippen molar-refractivity contribution in [1.29, 1.82) is 0 Å². The summed E-state index contributed by atoms with van der Waals surface area (Å²) in [6.07, 6.45) is 1.84. The second-order valence-corrected chi connectivity index (χ2v) is 6.81. The standard InChI is InChI=1S/C19H21N5O5/c1-22-17-16(18(25)23(2)19(22)26)24(10-20-17)9-12-8-13(21-29-12)11-5-6-14(27-3)15(7-11)28-4/h5-7,10,12H,8-9H2,1-4H3. The lowest BCUT2D eigenvalue weighted by atomic mass is 10.0. The fourth-order valence-electron chi connectivity index (χ4n) is 3.47. The van der Waals surface area contributed by atoms with Gasteiger partial charge in [-0.3, -0.25) is 13.9 Å². The molecule has 0 fully saturated rings. The second kappa shape index (κ2) is 7.12. The molecule has 1 atom stereocenters. The normalized spacial score (nSPS) is 16.0. The molecule has 0 bridgehead atoms. The molecule has 1 unspecified atom stereocenters. The van der Waals surface area contributed by atoms with Crippen molar-refractivity contribution >= 4 is 16.9 Å². The molecule has 0 saturated carbocycles. The van der Waals surface area contributed by atoms with E-state index in [2.05, 4.69) is 10.1 Å². The van der Waals surface area contributed by atoms with Crippen LogP contribution in [-0.2, 0) is 25.5 Å². The van der Waals surface area contributed by atoms with E-state index in [0.29, 0.717) is 35.6 Å². The van der Waals surface area contributed by atoms with Gasteiger partial charge in [-0.15, -0.1) is 0 Å². The number of imidazole rings is 1.